The highest BCUT2D eigenvalue weighted by Crippen LogP contribution is 2.64. The smallest absolute Gasteiger partial charge is 0.333 e. The first-order valence-electron chi connectivity index (χ1n) is 10.0. The molecule has 164 valence electrons. The van der Waals surface area contributed by atoms with E-state index in [9.17, 15) is 19.2 Å². The average Bonchev–Trinajstić information content (AvgIpc) is 3.36. The largest absolute Gasteiger partial charge is 0.469 e. The van der Waals surface area contributed by atoms with E-state index in [1.807, 2.05) is 0 Å². The fourth-order valence-corrected chi connectivity index (χ4v) is 5.70. The van der Waals surface area contributed by atoms with Crippen LogP contribution in [0.2, 0.25) is 0 Å². The molecule has 0 heterocycles. The molecule has 3 rings (SSSR count). The average molecular weight is 420 g/mol. The minimum atomic E-state index is -0.733. The van der Waals surface area contributed by atoms with Crippen molar-refractivity contribution in [2.75, 3.05) is 14.2 Å². The molecule has 8 unspecified atom stereocenters. The Morgan fingerprint density at radius 1 is 0.733 bits per heavy atom. The van der Waals surface area contributed by atoms with Crippen LogP contribution in [0.4, 0.5) is 0 Å². The van der Waals surface area contributed by atoms with E-state index in [0.29, 0.717) is 12.8 Å². The number of methoxy groups -OCH3 is 2. The Hall–Kier alpha value is -2.64. The maximum absolute atomic E-state index is 12.6. The first kappa shape index (κ1) is 22.1. The van der Waals surface area contributed by atoms with Crippen LogP contribution in [0.1, 0.15) is 26.7 Å². The number of carbonyl (C=O) groups excluding carboxylic acids is 4. The Morgan fingerprint density at radius 3 is 1.73 bits per heavy atom. The molecule has 0 aliphatic heterocycles. The summed E-state index contributed by atoms with van der Waals surface area (Å²) in [5, 5.41) is 0. The third kappa shape index (κ3) is 3.52. The summed E-state index contributed by atoms with van der Waals surface area (Å²) < 4.78 is 21.2. The van der Waals surface area contributed by atoms with Gasteiger partial charge in [0, 0.05) is 17.1 Å². The van der Waals surface area contributed by atoms with E-state index in [4.69, 9.17) is 18.9 Å². The van der Waals surface area contributed by atoms with Gasteiger partial charge in [0.15, 0.2) is 0 Å². The third-order valence-corrected chi connectivity index (χ3v) is 6.79. The van der Waals surface area contributed by atoms with Gasteiger partial charge in [-0.1, -0.05) is 13.2 Å². The summed E-state index contributed by atoms with van der Waals surface area (Å²) in [4.78, 5) is 49.5. The lowest BCUT2D eigenvalue weighted by Gasteiger charge is -2.36. The van der Waals surface area contributed by atoms with Gasteiger partial charge in [-0.2, -0.15) is 0 Å². The molecule has 8 heteroatoms. The third-order valence-electron chi connectivity index (χ3n) is 6.79. The monoisotopic (exact) mass is 420 g/mol. The molecule has 3 aliphatic carbocycles. The molecule has 3 aliphatic rings. The second kappa shape index (κ2) is 8.24. The molecular formula is C22H28O8. The van der Waals surface area contributed by atoms with E-state index in [1.54, 1.807) is 0 Å². The summed E-state index contributed by atoms with van der Waals surface area (Å²) >= 11 is 0. The fourth-order valence-electron chi connectivity index (χ4n) is 5.70. The van der Waals surface area contributed by atoms with Gasteiger partial charge in [0.1, 0.15) is 12.2 Å². The van der Waals surface area contributed by atoms with E-state index >= 15 is 0 Å². The Balaban J connectivity index is 1.95. The Morgan fingerprint density at radius 2 is 1.23 bits per heavy atom. The normalized spacial score (nSPS) is 35.9. The maximum atomic E-state index is 12.6. The van der Waals surface area contributed by atoms with Crippen molar-refractivity contribution >= 4 is 23.9 Å². The number of ether oxygens (including phenoxy) is 4. The van der Waals surface area contributed by atoms with Crippen LogP contribution in [0.15, 0.2) is 24.3 Å². The highest BCUT2D eigenvalue weighted by Gasteiger charge is 2.69. The molecule has 0 radical (unpaired) electrons. The van der Waals surface area contributed by atoms with Gasteiger partial charge in [-0.25, -0.2) is 9.59 Å². The van der Waals surface area contributed by atoms with Crippen molar-refractivity contribution in [1.82, 2.24) is 0 Å². The lowest BCUT2D eigenvalue weighted by atomic mass is 9.69. The lowest BCUT2D eigenvalue weighted by Crippen LogP contribution is -2.45. The van der Waals surface area contributed by atoms with Crippen molar-refractivity contribution in [3.8, 4) is 0 Å². The molecule has 30 heavy (non-hydrogen) atoms. The van der Waals surface area contributed by atoms with Crippen LogP contribution in [0.5, 0.6) is 0 Å². The van der Waals surface area contributed by atoms with Crippen molar-refractivity contribution in [2.45, 2.75) is 38.9 Å². The SMILES string of the molecule is C=C(C)C(=O)OC1CC2C3CC(C(C(=O)OC)C3C(=O)OC)C2C1OC(=O)C(=C)C. The molecule has 0 amide bonds. The second-order valence-corrected chi connectivity index (χ2v) is 8.51. The van der Waals surface area contributed by atoms with Gasteiger partial charge in [0.05, 0.1) is 26.1 Å². The number of rotatable bonds is 6. The minimum Gasteiger partial charge on any atom is -0.469 e. The van der Waals surface area contributed by atoms with Gasteiger partial charge in [0.25, 0.3) is 0 Å². The van der Waals surface area contributed by atoms with Crippen LogP contribution in [-0.4, -0.2) is 50.3 Å². The number of carbonyl (C=O) groups is 4. The minimum absolute atomic E-state index is 0.0501. The van der Waals surface area contributed by atoms with E-state index in [-0.39, 0.29) is 34.8 Å². The molecule has 8 atom stereocenters. The molecule has 0 aromatic heterocycles. The number of hydrogen-bond acceptors (Lipinski definition) is 8. The van der Waals surface area contributed by atoms with Crippen molar-refractivity contribution < 1.29 is 38.1 Å². The van der Waals surface area contributed by atoms with Gasteiger partial charge in [0.2, 0.25) is 0 Å². The predicted octanol–water partition coefficient (Wildman–Crippen LogP) is 1.83. The van der Waals surface area contributed by atoms with Gasteiger partial charge in [-0.3, -0.25) is 9.59 Å². The Bertz CT molecular complexity index is 799. The van der Waals surface area contributed by atoms with Crippen LogP contribution >= 0.6 is 0 Å². The molecule has 3 saturated carbocycles. The van der Waals surface area contributed by atoms with Crippen molar-refractivity contribution in [1.29, 1.82) is 0 Å². The number of fused-ring (bicyclic) bond motifs is 5. The van der Waals surface area contributed by atoms with Crippen molar-refractivity contribution in [3.63, 3.8) is 0 Å². The first-order valence-corrected chi connectivity index (χ1v) is 10.0. The number of hydrogen-bond donors (Lipinski definition) is 0. The fraction of sp³-hybridized carbons (Fsp3) is 0.636. The second-order valence-electron chi connectivity index (χ2n) is 8.51. The molecule has 0 aromatic carbocycles. The van der Waals surface area contributed by atoms with Crippen LogP contribution in [0.25, 0.3) is 0 Å². The highest BCUT2D eigenvalue weighted by atomic mass is 16.6. The van der Waals surface area contributed by atoms with E-state index in [2.05, 4.69) is 13.2 Å². The number of esters is 4. The molecule has 2 bridgehead atoms. The van der Waals surface area contributed by atoms with E-state index in [0.717, 1.165) is 0 Å². The van der Waals surface area contributed by atoms with Gasteiger partial charge < -0.3 is 18.9 Å². The zero-order chi connectivity index (χ0) is 22.3. The van der Waals surface area contributed by atoms with E-state index in [1.165, 1.54) is 28.1 Å². The summed E-state index contributed by atoms with van der Waals surface area (Å²) in [7, 11) is 2.58. The van der Waals surface area contributed by atoms with Crippen LogP contribution in [-0.2, 0) is 38.1 Å². The Labute approximate surface area is 175 Å². The molecule has 0 aromatic rings. The summed E-state index contributed by atoms with van der Waals surface area (Å²) in [6.45, 7) is 10.3. The standard InChI is InChI=1S/C22H28O8/c1-9(2)19(23)29-14-8-12-11-7-13(15(12)18(14)30-20(24)10(3)4)17(22(26)28-6)16(11)21(25)27-5/h11-18H,1,3,7-8H2,2,4-6H3. The van der Waals surface area contributed by atoms with Gasteiger partial charge >= 0.3 is 23.9 Å². The Kier molecular flexibility index (Phi) is 6.06. The molecule has 8 nitrogen and oxygen atoms in total. The maximum Gasteiger partial charge on any atom is 0.333 e. The summed E-state index contributed by atoms with van der Waals surface area (Å²) in [5.41, 5.74) is 0.462. The lowest BCUT2D eigenvalue weighted by molar-refractivity contribution is -0.169. The molecule has 0 spiro atoms. The summed E-state index contributed by atoms with van der Waals surface area (Å²) in [6.07, 6.45) is -0.368. The predicted molar refractivity (Wildman–Crippen MR) is 104 cm³/mol. The molecule has 0 saturated heterocycles. The first-order chi connectivity index (χ1) is 14.1. The zero-order valence-corrected chi connectivity index (χ0v) is 17.7. The van der Waals surface area contributed by atoms with Crippen LogP contribution < -0.4 is 0 Å². The van der Waals surface area contributed by atoms with Crippen molar-refractivity contribution in [2.24, 2.45) is 35.5 Å². The summed E-state index contributed by atoms with van der Waals surface area (Å²) in [5.74, 6) is -4.06. The van der Waals surface area contributed by atoms with Crippen LogP contribution in [0, 0.1) is 35.5 Å². The summed E-state index contributed by atoms with van der Waals surface area (Å²) in [6, 6.07) is 0. The quantitative estimate of drug-likeness (QED) is 0.364. The van der Waals surface area contributed by atoms with Gasteiger partial charge in [-0.05, 0) is 44.4 Å². The molecular weight excluding hydrogens is 392 g/mol. The molecule has 3 fully saturated rings. The highest BCUT2D eigenvalue weighted by molar-refractivity contribution is 5.88. The van der Waals surface area contributed by atoms with Crippen LogP contribution in [0.3, 0.4) is 0 Å². The van der Waals surface area contributed by atoms with Gasteiger partial charge in [-0.15, -0.1) is 0 Å². The molecule has 0 N–H and O–H groups in total. The van der Waals surface area contributed by atoms with E-state index < -0.39 is 47.9 Å². The van der Waals surface area contributed by atoms with Crippen molar-refractivity contribution in [3.05, 3.63) is 24.3 Å². The zero-order valence-electron chi connectivity index (χ0n) is 17.7. The topological polar surface area (TPSA) is 105 Å².